The first kappa shape index (κ1) is 15.4. The van der Waals surface area contributed by atoms with E-state index < -0.39 is 0 Å². The standard InChI is InChI=1S/C14H29N3O/c1-11(2)10-13(15)14(18)16-6-9-17-7-4-12(3)5-8-17/h11-13H,4-10,15H2,1-3H3,(H,16,18)/t13-/m0/s1. The lowest BCUT2D eigenvalue weighted by molar-refractivity contribution is -0.122. The van der Waals surface area contributed by atoms with Crippen LogP contribution in [0.5, 0.6) is 0 Å². The predicted octanol–water partition coefficient (Wildman–Crippen LogP) is 1.21. The molecule has 0 saturated carbocycles. The molecule has 0 bridgehead atoms. The summed E-state index contributed by atoms with van der Waals surface area (Å²) in [6.45, 7) is 10.5. The Morgan fingerprint density at radius 2 is 2.00 bits per heavy atom. The number of amides is 1. The minimum absolute atomic E-state index is 0.00548. The molecule has 3 N–H and O–H groups in total. The average molecular weight is 255 g/mol. The zero-order valence-corrected chi connectivity index (χ0v) is 12.1. The molecule has 1 amide bonds. The molecule has 1 heterocycles. The summed E-state index contributed by atoms with van der Waals surface area (Å²) < 4.78 is 0. The summed E-state index contributed by atoms with van der Waals surface area (Å²) in [5.41, 5.74) is 5.83. The van der Waals surface area contributed by atoms with Crippen LogP contribution in [0.15, 0.2) is 0 Å². The molecule has 1 rings (SSSR count). The highest BCUT2D eigenvalue weighted by atomic mass is 16.2. The minimum atomic E-state index is -0.355. The summed E-state index contributed by atoms with van der Waals surface area (Å²) in [6.07, 6.45) is 3.31. The molecule has 1 atom stereocenters. The summed E-state index contributed by atoms with van der Waals surface area (Å²) >= 11 is 0. The van der Waals surface area contributed by atoms with Gasteiger partial charge in [-0.3, -0.25) is 4.79 Å². The van der Waals surface area contributed by atoms with Crippen LogP contribution in [0, 0.1) is 11.8 Å². The SMILES string of the molecule is CC(C)C[C@H](N)C(=O)NCCN1CCC(C)CC1. The number of likely N-dealkylation sites (tertiary alicyclic amines) is 1. The largest absolute Gasteiger partial charge is 0.353 e. The molecule has 0 aliphatic carbocycles. The molecule has 0 aromatic carbocycles. The summed E-state index contributed by atoms with van der Waals surface area (Å²) in [7, 11) is 0. The molecule has 1 saturated heterocycles. The summed E-state index contributed by atoms with van der Waals surface area (Å²) in [4.78, 5) is 14.1. The molecule has 4 nitrogen and oxygen atoms in total. The second kappa shape index (κ2) is 7.74. The van der Waals surface area contributed by atoms with Gasteiger partial charge >= 0.3 is 0 Å². The molecule has 18 heavy (non-hydrogen) atoms. The Morgan fingerprint density at radius 1 is 1.39 bits per heavy atom. The summed E-state index contributed by atoms with van der Waals surface area (Å²) in [5, 5.41) is 2.94. The van der Waals surface area contributed by atoms with E-state index in [1.165, 1.54) is 12.8 Å². The number of carbonyl (C=O) groups excluding carboxylic acids is 1. The lowest BCUT2D eigenvalue weighted by atomic mass is 9.99. The van der Waals surface area contributed by atoms with Crippen LogP contribution in [0.1, 0.15) is 40.0 Å². The van der Waals surface area contributed by atoms with Gasteiger partial charge in [-0.25, -0.2) is 0 Å². The topological polar surface area (TPSA) is 58.4 Å². The molecule has 0 aromatic heterocycles. The number of carbonyl (C=O) groups is 1. The monoisotopic (exact) mass is 255 g/mol. The van der Waals surface area contributed by atoms with Crippen molar-refractivity contribution in [3.05, 3.63) is 0 Å². The maximum Gasteiger partial charge on any atom is 0.236 e. The van der Waals surface area contributed by atoms with E-state index in [0.29, 0.717) is 5.92 Å². The predicted molar refractivity (Wildman–Crippen MR) is 75.3 cm³/mol. The van der Waals surface area contributed by atoms with Gasteiger partial charge in [-0.15, -0.1) is 0 Å². The molecule has 106 valence electrons. The van der Waals surface area contributed by atoms with Crippen LogP contribution in [0.2, 0.25) is 0 Å². The molecule has 0 unspecified atom stereocenters. The van der Waals surface area contributed by atoms with Crippen LogP contribution >= 0.6 is 0 Å². The molecule has 1 aliphatic rings. The van der Waals surface area contributed by atoms with E-state index in [-0.39, 0.29) is 11.9 Å². The second-order valence-corrected chi connectivity index (χ2v) is 6.05. The van der Waals surface area contributed by atoms with Crippen molar-refractivity contribution >= 4 is 5.91 Å². The van der Waals surface area contributed by atoms with E-state index in [1.54, 1.807) is 0 Å². The summed E-state index contributed by atoms with van der Waals surface area (Å²) in [6, 6.07) is -0.355. The van der Waals surface area contributed by atoms with E-state index >= 15 is 0 Å². The normalized spacial score (nSPS) is 20.1. The first-order valence-corrected chi connectivity index (χ1v) is 7.24. The molecule has 0 aromatic rings. The van der Waals surface area contributed by atoms with Crippen molar-refractivity contribution in [3.63, 3.8) is 0 Å². The Labute approximate surface area is 111 Å². The third kappa shape index (κ3) is 5.83. The molecular formula is C14H29N3O. The van der Waals surface area contributed by atoms with E-state index in [4.69, 9.17) is 5.73 Å². The van der Waals surface area contributed by atoms with Gasteiger partial charge in [-0.05, 0) is 44.2 Å². The smallest absolute Gasteiger partial charge is 0.236 e. The van der Waals surface area contributed by atoms with Crippen molar-refractivity contribution < 1.29 is 4.79 Å². The van der Waals surface area contributed by atoms with E-state index in [1.807, 2.05) is 0 Å². The number of nitrogens with one attached hydrogen (secondary N) is 1. The van der Waals surface area contributed by atoms with Crippen molar-refractivity contribution in [3.8, 4) is 0 Å². The lowest BCUT2D eigenvalue weighted by Gasteiger charge is -2.30. The maximum atomic E-state index is 11.7. The fourth-order valence-electron chi connectivity index (χ4n) is 2.37. The van der Waals surface area contributed by atoms with Gasteiger partial charge in [0.15, 0.2) is 0 Å². The van der Waals surface area contributed by atoms with Crippen LogP contribution in [0.25, 0.3) is 0 Å². The highest BCUT2D eigenvalue weighted by Gasteiger charge is 2.17. The average Bonchev–Trinajstić information content (AvgIpc) is 2.30. The van der Waals surface area contributed by atoms with Crippen molar-refractivity contribution in [2.75, 3.05) is 26.2 Å². The Balaban J connectivity index is 2.11. The van der Waals surface area contributed by atoms with Crippen LogP contribution in [0.4, 0.5) is 0 Å². The zero-order chi connectivity index (χ0) is 13.5. The first-order valence-electron chi connectivity index (χ1n) is 7.24. The van der Waals surface area contributed by atoms with Crippen LogP contribution in [-0.2, 0) is 4.79 Å². The molecule has 0 radical (unpaired) electrons. The van der Waals surface area contributed by atoms with E-state index in [2.05, 4.69) is 31.0 Å². The number of hydrogen-bond donors (Lipinski definition) is 2. The van der Waals surface area contributed by atoms with Gasteiger partial charge in [0.25, 0.3) is 0 Å². The third-order valence-corrected chi connectivity index (χ3v) is 3.67. The molecule has 1 aliphatic heterocycles. The van der Waals surface area contributed by atoms with Crippen molar-refractivity contribution in [2.24, 2.45) is 17.6 Å². The van der Waals surface area contributed by atoms with Crippen LogP contribution in [-0.4, -0.2) is 43.0 Å². The minimum Gasteiger partial charge on any atom is -0.353 e. The fraction of sp³-hybridized carbons (Fsp3) is 0.929. The van der Waals surface area contributed by atoms with Gasteiger partial charge in [-0.1, -0.05) is 20.8 Å². The number of rotatable bonds is 6. The third-order valence-electron chi connectivity index (χ3n) is 3.67. The Kier molecular flexibility index (Phi) is 6.65. The van der Waals surface area contributed by atoms with Crippen LogP contribution < -0.4 is 11.1 Å². The fourth-order valence-corrected chi connectivity index (χ4v) is 2.37. The highest BCUT2D eigenvalue weighted by Crippen LogP contribution is 2.15. The number of piperidine rings is 1. The van der Waals surface area contributed by atoms with Crippen molar-refractivity contribution in [1.29, 1.82) is 0 Å². The zero-order valence-electron chi connectivity index (χ0n) is 12.1. The lowest BCUT2D eigenvalue weighted by Crippen LogP contribution is -2.45. The quantitative estimate of drug-likeness (QED) is 0.750. The maximum absolute atomic E-state index is 11.7. The van der Waals surface area contributed by atoms with Crippen LogP contribution in [0.3, 0.4) is 0 Å². The molecule has 0 spiro atoms. The Bertz CT molecular complexity index is 247. The molecule has 1 fully saturated rings. The van der Waals surface area contributed by atoms with Gasteiger partial charge in [0.05, 0.1) is 6.04 Å². The summed E-state index contributed by atoms with van der Waals surface area (Å²) in [5.74, 6) is 1.32. The van der Waals surface area contributed by atoms with Gasteiger partial charge < -0.3 is 16.0 Å². The highest BCUT2D eigenvalue weighted by molar-refractivity contribution is 5.81. The Hall–Kier alpha value is -0.610. The molecule has 4 heteroatoms. The van der Waals surface area contributed by atoms with E-state index in [0.717, 1.165) is 38.5 Å². The number of hydrogen-bond acceptors (Lipinski definition) is 3. The number of nitrogens with zero attached hydrogens (tertiary/aromatic N) is 1. The van der Waals surface area contributed by atoms with Gasteiger partial charge in [-0.2, -0.15) is 0 Å². The first-order chi connectivity index (χ1) is 8.49. The van der Waals surface area contributed by atoms with Crippen molar-refractivity contribution in [1.82, 2.24) is 10.2 Å². The van der Waals surface area contributed by atoms with Crippen molar-refractivity contribution in [2.45, 2.75) is 46.1 Å². The van der Waals surface area contributed by atoms with Gasteiger partial charge in [0.2, 0.25) is 5.91 Å². The van der Waals surface area contributed by atoms with Gasteiger partial charge in [0.1, 0.15) is 0 Å². The molecular weight excluding hydrogens is 226 g/mol. The Morgan fingerprint density at radius 3 is 2.56 bits per heavy atom. The van der Waals surface area contributed by atoms with Gasteiger partial charge in [0, 0.05) is 13.1 Å². The second-order valence-electron chi connectivity index (χ2n) is 6.05. The van der Waals surface area contributed by atoms with E-state index in [9.17, 15) is 4.79 Å². The number of nitrogens with two attached hydrogens (primary N) is 1.